The van der Waals surface area contributed by atoms with Crippen LogP contribution in [0.4, 0.5) is 11.8 Å². The van der Waals surface area contributed by atoms with E-state index in [1.165, 1.54) is 5.56 Å². The first-order valence-corrected chi connectivity index (χ1v) is 8.36. The molecule has 7 nitrogen and oxygen atoms in total. The van der Waals surface area contributed by atoms with Crippen LogP contribution < -0.4 is 10.6 Å². The third-order valence-corrected chi connectivity index (χ3v) is 4.04. The van der Waals surface area contributed by atoms with Crippen molar-refractivity contribution in [3.63, 3.8) is 0 Å². The molecule has 1 aromatic heterocycles. The second-order valence-electron chi connectivity index (χ2n) is 5.82. The lowest BCUT2D eigenvalue weighted by Crippen LogP contribution is -2.39. The molecule has 0 amide bonds. The number of benzene rings is 1. The van der Waals surface area contributed by atoms with Crippen molar-refractivity contribution < 1.29 is 4.74 Å². The third-order valence-electron chi connectivity index (χ3n) is 4.04. The molecule has 7 heteroatoms. The quantitative estimate of drug-likeness (QED) is 0.802. The highest BCUT2D eigenvalue weighted by Crippen LogP contribution is 2.17. The molecule has 1 aliphatic rings. The van der Waals surface area contributed by atoms with Gasteiger partial charge in [-0.25, -0.2) is 0 Å². The maximum absolute atomic E-state index is 5.35. The first kappa shape index (κ1) is 16.6. The molecule has 0 radical (unpaired) electrons. The molecule has 1 saturated heterocycles. The van der Waals surface area contributed by atoms with Crippen LogP contribution in [0.5, 0.6) is 0 Å². The fraction of sp³-hybridized carbons (Fsp3) is 0.471. The number of ether oxygens (including phenoxy) is 1. The zero-order chi connectivity index (χ0) is 16.6. The monoisotopic (exact) mass is 328 g/mol. The molecule has 3 rings (SSSR count). The second kappa shape index (κ2) is 8.56. The zero-order valence-corrected chi connectivity index (χ0v) is 14.0. The van der Waals surface area contributed by atoms with E-state index in [-0.39, 0.29) is 6.04 Å². The van der Waals surface area contributed by atoms with Crippen molar-refractivity contribution in [3.05, 3.63) is 42.1 Å². The Morgan fingerprint density at radius 3 is 2.79 bits per heavy atom. The highest BCUT2D eigenvalue weighted by molar-refractivity contribution is 5.39. The lowest BCUT2D eigenvalue weighted by atomic mass is 10.1. The molecule has 1 aliphatic heterocycles. The average molecular weight is 328 g/mol. The smallest absolute Gasteiger partial charge is 0.244 e. The van der Waals surface area contributed by atoms with E-state index in [2.05, 4.69) is 49.8 Å². The predicted octanol–water partition coefficient (Wildman–Crippen LogP) is 1.79. The summed E-state index contributed by atoms with van der Waals surface area (Å²) in [5.74, 6) is 1.27. The maximum atomic E-state index is 5.35. The Balaban J connectivity index is 1.50. The minimum absolute atomic E-state index is 0.157. The topological polar surface area (TPSA) is 75.2 Å². The minimum atomic E-state index is 0.157. The summed E-state index contributed by atoms with van der Waals surface area (Å²) in [6.45, 7) is 7.44. The summed E-state index contributed by atoms with van der Waals surface area (Å²) < 4.78 is 5.35. The van der Waals surface area contributed by atoms with Crippen LogP contribution in [0.25, 0.3) is 0 Å². The Morgan fingerprint density at radius 2 is 2.00 bits per heavy atom. The molecule has 0 bridgehead atoms. The standard InChI is InChI=1S/C17H24N6O/c1-14(15-5-3-2-4-6-15)20-16-13-19-22-17(21-16)18-7-8-23-9-11-24-12-10-23/h2-6,13-14H,7-12H2,1H3,(H2,18,20,21,22). The zero-order valence-electron chi connectivity index (χ0n) is 14.0. The molecule has 24 heavy (non-hydrogen) atoms. The molecule has 1 atom stereocenters. The van der Waals surface area contributed by atoms with Gasteiger partial charge in [0.05, 0.1) is 19.4 Å². The molecule has 2 aromatic rings. The fourth-order valence-corrected chi connectivity index (χ4v) is 2.65. The molecule has 0 spiro atoms. The predicted molar refractivity (Wildman–Crippen MR) is 94.1 cm³/mol. The molecule has 128 valence electrons. The minimum Gasteiger partial charge on any atom is -0.379 e. The van der Waals surface area contributed by atoms with E-state index in [0.717, 1.165) is 45.2 Å². The summed E-state index contributed by atoms with van der Waals surface area (Å²) in [5, 5.41) is 14.7. The van der Waals surface area contributed by atoms with Crippen LogP contribution in [-0.2, 0) is 4.74 Å². The molecule has 1 aromatic carbocycles. The molecule has 1 fully saturated rings. The Morgan fingerprint density at radius 1 is 1.21 bits per heavy atom. The van der Waals surface area contributed by atoms with Crippen LogP contribution in [0.3, 0.4) is 0 Å². The largest absolute Gasteiger partial charge is 0.379 e. The van der Waals surface area contributed by atoms with Crippen LogP contribution in [0.15, 0.2) is 36.5 Å². The fourth-order valence-electron chi connectivity index (χ4n) is 2.65. The van der Waals surface area contributed by atoms with E-state index in [0.29, 0.717) is 5.95 Å². The number of morpholine rings is 1. The molecule has 2 N–H and O–H groups in total. The van der Waals surface area contributed by atoms with Crippen molar-refractivity contribution in [3.8, 4) is 0 Å². The van der Waals surface area contributed by atoms with E-state index < -0.39 is 0 Å². The summed E-state index contributed by atoms with van der Waals surface area (Å²) >= 11 is 0. The van der Waals surface area contributed by atoms with Crippen molar-refractivity contribution in [2.45, 2.75) is 13.0 Å². The summed E-state index contributed by atoms with van der Waals surface area (Å²) in [6.07, 6.45) is 1.65. The Kier molecular flexibility index (Phi) is 5.92. The van der Waals surface area contributed by atoms with Gasteiger partial charge >= 0.3 is 0 Å². The van der Waals surface area contributed by atoms with Gasteiger partial charge in [-0.1, -0.05) is 30.3 Å². The van der Waals surface area contributed by atoms with Crippen molar-refractivity contribution in [2.24, 2.45) is 0 Å². The second-order valence-corrected chi connectivity index (χ2v) is 5.82. The lowest BCUT2D eigenvalue weighted by molar-refractivity contribution is 0.0398. The van der Waals surface area contributed by atoms with E-state index in [9.17, 15) is 0 Å². The van der Waals surface area contributed by atoms with Crippen LogP contribution >= 0.6 is 0 Å². The van der Waals surface area contributed by atoms with E-state index in [1.54, 1.807) is 6.20 Å². The molecule has 2 heterocycles. The lowest BCUT2D eigenvalue weighted by Gasteiger charge is -2.26. The highest BCUT2D eigenvalue weighted by atomic mass is 16.5. The molecule has 0 aliphatic carbocycles. The summed E-state index contributed by atoms with van der Waals surface area (Å²) in [4.78, 5) is 6.85. The van der Waals surface area contributed by atoms with Crippen molar-refractivity contribution >= 4 is 11.8 Å². The summed E-state index contributed by atoms with van der Waals surface area (Å²) in [7, 11) is 0. The van der Waals surface area contributed by atoms with Gasteiger partial charge in [-0.05, 0) is 12.5 Å². The summed E-state index contributed by atoms with van der Waals surface area (Å²) in [6, 6.07) is 10.4. The molecular formula is C17H24N6O. The van der Waals surface area contributed by atoms with Crippen LogP contribution in [0, 0.1) is 0 Å². The Labute approximate surface area is 142 Å². The SMILES string of the molecule is CC(Nc1cnnc(NCCN2CCOCC2)n1)c1ccccc1. The first-order valence-electron chi connectivity index (χ1n) is 8.36. The van der Waals surface area contributed by atoms with Crippen molar-refractivity contribution in [2.75, 3.05) is 50.0 Å². The number of aromatic nitrogens is 3. The number of rotatable bonds is 7. The van der Waals surface area contributed by atoms with Gasteiger partial charge in [-0.2, -0.15) is 10.1 Å². The number of anilines is 2. The van der Waals surface area contributed by atoms with Crippen molar-refractivity contribution in [1.82, 2.24) is 20.1 Å². The van der Waals surface area contributed by atoms with Gasteiger partial charge < -0.3 is 15.4 Å². The van der Waals surface area contributed by atoms with Crippen LogP contribution in [-0.4, -0.2) is 59.5 Å². The number of hydrogen-bond donors (Lipinski definition) is 2. The van der Waals surface area contributed by atoms with Crippen molar-refractivity contribution in [1.29, 1.82) is 0 Å². The maximum Gasteiger partial charge on any atom is 0.244 e. The molecule has 1 unspecified atom stereocenters. The Bertz CT molecular complexity index is 617. The normalized spacial score (nSPS) is 16.5. The Hall–Kier alpha value is -2.25. The van der Waals surface area contributed by atoms with E-state index >= 15 is 0 Å². The molecule has 0 saturated carbocycles. The van der Waals surface area contributed by atoms with E-state index in [1.807, 2.05) is 18.2 Å². The van der Waals surface area contributed by atoms with Crippen LogP contribution in [0.1, 0.15) is 18.5 Å². The van der Waals surface area contributed by atoms with Gasteiger partial charge in [0.2, 0.25) is 5.95 Å². The van der Waals surface area contributed by atoms with Gasteiger partial charge in [0, 0.05) is 32.2 Å². The number of hydrogen-bond acceptors (Lipinski definition) is 7. The molecular weight excluding hydrogens is 304 g/mol. The first-order chi connectivity index (χ1) is 11.8. The average Bonchev–Trinajstić information content (AvgIpc) is 2.64. The number of nitrogens with one attached hydrogen (secondary N) is 2. The van der Waals surface area contributed by atoms with Gasteiger partial charge in [-0.15, -0.1) is 5.10 Å². The van der Waals surface area contributed by atoms with Gasteiger partial charge in [0.1, 0.15) is 0 Å². The van der Waals surface area contributed by atoms with Gasteiger partial charge in [0.25, 0.3) is 0 Å². The van der Waals surface area contributed by atoms with Crippen LogP contribution in [0.2, 0.25) is 0 Å². The van der Waals surface area contributed by atoms with E-state index in [4.69, 9.17) is 4.74 Å². The third kappa shape index (κ3) is 4.87. The van der Waals surface area contributed by atoms with Gasteiger partial charge in [-0.3, -0.25) is 4.90 Å². The summed E-state index contributed by atoms with van der Waals surface area (Å²) in [5.41, 5.74) is 1.21. The highest BCUT2D eigenvalue weighted by Gasteiger charge is 2.10. The number of nitrogens with zero attached hydrogens (tertiary/aromatic N) is 4. The van der Waals surface area contributed by atoms with Gasteiger partial charge in [0.15, 0.2) is 5.82 Å².